The van der Waals surface area contributed by atoms with Gasteiger partial charge in [-0.05, 0) is 38.0 Å². The van der Waals surface area contributed by atoms with Gasteiger partial charge >= 0.3 is 12.1 Å². The average Bonchev–Trinajstić information content (AvgIpc) is 3.31. The molecule has 2 aliphatic rings. The molecular weight excluding hydrogens is 528 g/mol. The van der Waals surface area contributed by atoms with Gasteiger partial charge in [-0.1, -0.05) is 0 Å². The molecule has 1 aromatic carbocycles. The number of hydrogen-bond donors (Lipinski definition) is 2. The highest BCUT2D eigenvalue weighted by Crippen LogP contribution is 2.29. The molecule has 2 N–H and O–H groups in total. The highest BCUT2D eigenvalue weighted by Gasteiger charge is 2.38. The molecule has 39 heavy (non-hydrogen) atoms. The van der Waals surface area contributed by atoms with Gasteiger partial charge in [0.05, 0.1) is 29.9 Å². The lowest BCUT2D eigenvalue weighted by Gasteiger charge is -2.42. The van der Waals surface area contributed by atoms with Gasteiger partial charge in [0.25, 0.3) is 5.56 Å². The Kier molecular flexibility index (Phi) is 8.17. The Balaban J connectivity index is 0.000000448. The fourth-order valence-corrected chi connectivity index (χ4v) is 4.23. The van der Waals surface area contributed by atoms with Crippen molar-refractivity contribution in [3.8, 4) is 11.8 Å². The number of aliphatic carboxylic acids is 1. The van der Waals surface area contributed by atoms with Crippen LogP contribution >= 0.6 is 0 Å². The van der Waals surface area contributed by atoms with Gasteiger partial charge in [0.1, 0.15) is 17.3 Å². The number of H-pyrrole nitrogens is 1. The highest BCUT2D eigenvalue weighted by molar-refractivity contribution is 5.73. The predicted octanol–water partition coefficient (Wildman–Crippen LogP) is 2.94. The van der Waals surface area contributed by atoms with E-state index in [1.54, 1.807) is 6.20 Å². The van der Waals surface area contributed by atoms with Crippen LogP contribution in [-0.4, -0.2) is 74.3 Å². The summed E-state index contributed by atoms with van der Waals surface area (Å²) in [5.74, 6) is -2.60. The van der Waals surface area contributed by atoms with Gasteiger partial charge in [0, 0.05) is 26.3 Å². The van der Waals surface area contributed by atoms with Crippen molar-refractivity contribution in [2.75, 3.05) is 26.3 Å². The normalized spacial score (nSPS) is 17.5. The van der Waals surface area contributed by atoms with Gasteiger partial charge in [0.15, 0.2) is 17.2 Å². The zero-order chi connectivity index (χ0) is 28.3. The maximum Gasteiger partial charge on any atom is 0.490 e. The molecule has 0 radical (unpaired) electrons. The van der Waals surface area contributed by atoms with Gasteiger partial charge in [-0.25, -0.2) is 18.9 Å². The molecule has 15 heteroatoms. The summed E-state index contributed by atoms with van der Waals surface area (Å²) in [6.07, 6.45) is -2.01. The molecule has 1 unspecified atom stereocenters. The van der Waals surface area contributed by atoms with E-state index in [4.69, 9.17) is 29.6 Å². The van der Waals surface area contributed by atoms with Crippen molar-refractivity contribution in [3.05, 3.63) is 52.0 Å². The summed E-state index contributed by atoms with van der Waals surface area (Å²) in [7, 11) is 0. The Morgan fingerprint density at radius 2 is 1.97 bits per heavy atom. The Hall–Kier alpha value is -4.03. The second kappa shape index (κ2) is 11.4. The zero-order valence-electron chi connectivity index (χ0n) is 20.6. The minimum absolute atomic E-state index is 0.134. The Morgan fingerprint density at radius 1 is 1.31 bits per heavy atom. The van der Waals surface area contributed by atoms with Crippen LogP contribution in [0.4, 0.5) is 17.6 Å². The quantitative estimate of drug-likeness (QED) is 0.456. The number of likely N-dealkylation sites (tertiary alicyclic amines) is 1. The lowest BCUT2D eigenvalue weighted by atomic mass is 10.1. The van der Waals surface area contributed by atoms with Crippen LogP contribution < -0.4 is 10.3 Å². The maximum atomic E-state index is 14.1. The maximum absolute atomic E-state index is 14.1. The van der Waals surface area contributed by atoms with Crippen LogP contribution in [0.2, 0.25) is 0 Å². The van der Waals surface area contributed by atoms with Crippen molar-refractivity contribution in [2.24, 2.45) is 0 Å². The summed E-state index contributed by atoms with van der Waals surface area (Å²) in [4.78, 5) is 31.3. The van der Waals surface area contributed by atoms with Gasteiger partial charge in [-0.15, -0.1) is 0 Å². The van der Waals surface area contributed by atoms with Gasteiger partial charge in [-0.2, -0.15) is 23.5 Å². The number of aromatic amines is 1. The number of ether oxygens (including phenoxy) is 2. The zero-order valence-corrected chi connectivity index (χ0v) is 20.6. The third-order valence-electron chi connectivity index (χ3n) is 6.44. The predicted molar refractivity (Wildman–Crippen MR) is 126 cm³/mol. The number of aromatic nitrogens is 4. The Labute approximate surface area is 218 Å². The number of carbonyl (C=O) groups is 1. The van der Waals surface area contributed by atoms with Gasteiger partial charge in [0.2, 0.25) is 0 Å². The van der Waals surface area contributed by atoms with E-state index < -0.39 is 18.0 Å². The topological polar surface area (TPSA) is 146 Å². The van der Waals surface area contributed by atoms with E-state index in [1.807, 2.05) is 17.7 Å². The summed E-state index contributed by atoms with van der Waals surface area (Å²) in [5.41, 5.74) is 0.641. The van der Waals surface area contributed by atoms with Gasteiger partial charge < -0.3 is 19.6 Å². The number of carboxylic acids is 1. The molecule has 5 rings (SSSR count). The van der Waals surface area contributed by atoms with Crippen LogP contribution in [0.25, 0.3) is 11.0 Å². The molecule has 1 atom stereocenters. The van der Waals surface area contributed by atoms with Crippen LogP contribution in [0.1, 0.15) is 43.2 Å². The van der Waals surface area contributed by atoms with Crippen LogP contribution in [0, 0.1) is 17.1 Å². The third-order valence-corrected chi connectivity index (χ3v) is 6.44. The summed E-state index contributed by atoms with van der Waals surface area (Å²) >= 11 is 0. The molecule has 2 saturated heterocycles. The minimum atomic E-state index is -5.08. The van der Waals surface area contributed by atoms with Crippen LogP contribution in [-0.2, 0) is 9.53 Å². The molecule has 208 valence electrons. The van der Waals surface area contributed by atoms with E-state index in [9.17, 15) is 22.4 Å². The molecule has 2 fully saturated rings. The lowest BCUT2D eigenvalue weighted by molar-refractivity contribution is -0.192. The fourth-order valence-electron chi connectivity index (χ4n) is 4.23. The summed E-state index contributed by atoms with van der Waals surface area (Å²) < 4.78 is 58.8. The molecule has 2 aromatic heterocycles. The largest absolute Gasteiger partial charge is 0.490 e. The van der Waals surface area contributed by atoms with Gasteiger partial charge in [-0.3, -0.25) is 9.69 Å². The number of alkyl halides is 3. The van der Waals surface area contributed by atoms with Crippen molar-refractivity contribution in [3.63, 3.8) is 0 Å². The molecule has 0 bridgehead atoms. The second-order valence-corrected chi connectivity index (χ2v) is 9.05. The Morgan fingerprint density at radius 3 is 2.56 bits per heavy atom. The molecule has 0 amide bonds. The number of hydrogen-bond acceptors (Lipinski definition) is 8. The number of fused-ring (bicyclic) bond motifs is 1. The number of rotatable bonds is 5. The van der Waals surface area contributed by atoms with Crippen molar-refractivity contribution in [2.45, 2.75) is 44.1 Å². The number of carboxylic acid groups (broad SMARTS) is 1. The monoisotopic (exact) mass is 552 g/mol. The molecule has 0 aliphatic carbocycles. The average molecular weight is 552 g/mol. The highest BCUT2D eigenvalue weighted by atomic mass is 19.4. The summed E-state index contributed by atoms with van der Waals surface area (Å²) in [6, 6.07) is 6.10. The van der Waals surface area contributed by atoms with E-state index in [2.05, 4.69) is 15.0 Å². The number of benzene rings is 1. The smallest absolute Gasteiger partial charge is 0.485 e. The molecule has 11 nitrogen and oxygen atoms in total. The van der Waals surface area contributed by atoms with Crippen LogP contribution in [0.3, 0.4) is 0 Å². The van der Waals surface area contributed by atoms with Crippen molar-refractivity contribution in [1.82, 2.24) is 24.6 Å². The van der Waals surface area contributed by atoms with Crippen LogP contribution in [0.5, 0.6) is 5.75 Å². The van der Waals surface area contributed by atoms with Crippen LogP contribution in [0.15, 0.2) is 29.2 Å². The Bertz CT molecular complexity index is 1440. The van der Waals surface area contributed by atoms with E-state index in [-0.39, 0.29) is 35.1 Å². The van der Waals surface area contributed by atoms with Crippen molar-refractivity contribution >= 4 is 17.0 Å². The summed E-state index contributed by atoms with van der Waals surface area (Å²) in [6.45, 7) is 4.46. The molecule has 4 heterocycles. The first kappa shape index (κ1) is 28.0. The second-order valence-electron chi connectivity index (χ2n) is 9.05. The molecule has 2 aliphatic heterocycles. The molecule has 3 aromatic rings. The number of halogens is 4. The van der Waals surface area contributed by atoms with E-state index in [0.717, 1.165) is 12.8 Å². The van der Waals surface area contributed by atoms with E-state index in [1.165, 1.54) is 18.2 Å². The van der Waals surface area contributed by atoms with E-state index >= 15 is 0 Å². The number of nitrogens with one attached hydrogen (secondary N) is 1. The first-order chi connectivity index (χ1) is 18.5. The van der Waals surface area contributed by atoms with E-state index in [0.29, 0.717) is 43.2 Å². The first-order valence-electron chi connectivity index (χ1n) is 11.9. The standard InChI is InChI=1S/C22H23FN6O3.C2HF3O2/c1-13(28-11-16(12-28)32-19-3-2-14(9-24)8-18(19)23)20-26-21-17(22(30)27-20)10-25-29(21)15-4-6-31-7-5-15;3-2(4,5)1(6)7/h2-3,8,10,13,15-16H,4-7,11-12H2,1H3,(H,26,27,30);(H,6,7). The lowest BCUT2D eigenvalue weighted by Crippen LogP contribution is -2.54. The summed E-state index contributed by atoms with van der Waals surface area (Å²) in [5, 5.41) is 20.9. The number of nitrogens with zero attached hydrogens (tertiary/aromatic N) is 5. The molecule has 0 spiro atoms. The third kappa shape index (κ3) is 6.35. The first-order valence-corrected chi connectivity index (χ1v) is 11.9. The number of nitriles is 1. The minimum Gasteiger partial charge on any atom is -0.485 e. The fraction of sp³-hybridized carbons (Fsp3) is 0.458. The van der Waals surface area contributed by atoms with Crippen molar-refractivity contribution in [1.29, 1.82) is 5.26 Å². The SMILES string of the molecule is CC(c1nc2c(cnn2C2CCOCC2)c(=O)[nH]1)N1CC(Oc2ccc(C#N)cc2F)C1.O=C(O)C(F)(F)F. The molecular formula is C24H24F4N6O5. The molecule has 0 saturated carbocycles. The van der Waals surface area contributed by atoms with Crippen molar-refractivity contribution < 1.29 is 36.9 Å².